The van der Waals surface area contributed by atoms with Gasteiger partial charge in [0.05, 0.1) is 23.8 Å². The summed E-state index contributed by atoms with van der Waals surface area (Å²) in [5, 5.41) is 12.2. The van der Waals surface area contributed by atoms with Crippen molar-refractivity contribution >= 4 is 0 Å². The Hall–Kier alpha value is -1.37. The summed E-state index contributed by atoms with van der Waals surface area (Å²) in [5.74, 6) is 0. The summed E-state index contributed by atoms with van der Waals surface area (Å²) in [6, 6.07) is 9.75. The third-order valence-corrected chi connectivity index (χ3v) is 3.20. The van der Waals surface area contributed by atoms with Gasteiger partial charge in [-0.2, -0.15) is 5.26 Å². The van der Waals surface area contributed by atoms with E-state index in [1.165, 1.54) is 0 Å². The predicted molar refractivity (Wildman–Crippen MR) is 66.5 cm³/mol. The van der Waals surface area contributed by atoms with Gasteiger partial charge in [0.1, 0.15) is 0 Å². The molecule has 1 aliphatic rings. The Morgan fingerprint density at radius 1 is 1.53 bits per heavy atom. The van der Waals surface area contributed by atoms with Crippen LogP contribution in [0, 0.1) is 11.3 Å². The topological polar surface area (TPSA) is 45.0 Å². The Labute approximate surface area is 102 Å². The van der Waals surface area contributed by atoms with E-state index in [1.54, 1.807) is 0 Å². The lowest BCUT2D eigenvalue weighted by atomic mass is 9.96. The van der Waals surface area contributed by atoms with E-state index in [0.717, 1.165) is 31.5 Å². The molecule has 1 aromatic rings. The Balaban J connectivity index is 1.95. The van der Waals surface area contributed by atoms with Gasteiger partial charge in [-0.15, -0.1) is 0 Å². The summed E-state index contributed by atoms with van der Waals surface area (Å²) >= 11 is 0. The maximum absolute atomic E-state index is 8.83. The Morgan fingerprint density at radius 3 is 3.12 bits per heavy atom. The molecule has 0 amide bonds. The molecule has 1 heterocycles. The zero-order chi connectivity index (χ0) is 12.1. The van der Waals surface area contributed by atoms with Crippen LogP contribution in [0.1, 0.15) is 30.9 Å². The van der Waals surface area contributed by atoms with Crippen LogP contribution >= 0.6 is 0 Å². The van der Waals surface area contributed by atoms with Gasteiger partial charge in [-0.05, 0) is 44.0 Å². The standard InChI is InChI=1S/C14H18N2O/c1-14(6-3-7-16-11-14)17-10-13-5-2-4-12(8-13)9-15/h2,4-5,8,16H,3,6-7,10-11H2,1H3. The lowest BCUT2D eigenvalue weighted by Crippen LogP contribution is -2.45. The number of ether oxygens (including phenoxy) is 1. The molecule has 17 heavy (non-hydrogen) atoms. The maximum Gasteiger partial charge on any atom is 0.0991 e. The van der Waals surface area contributed by atoms with Crippen molar-refractivity contribution in [2.45, 2.75) is 32.0 Å². The van der Waals surface area contributed by atoms with Crippen molar-refractivity contribution in [3.05, 3.63) is 35.4 Å². The number of nitrogens with zero attached hydrogens (tertiary/aromatic N) is 1. The Kier molecular flexibility index (Phi) is 3.78. The summed E-state index contributed by atoms with van der Waals surface area (Å²) in [5.41, 5.74) is 1.69. The average Bonchev–Trinajstić information content (AvgIpc) is 2.38. The molecule has 0 saturated carbocycles. The first-order valence-electron chi connectivity index (χ1n) is 6.06. The van der Waals surface area contributed by atoms with Crippen LogP contribution in [0.2, 0.25) is 0 Å². The molecule has 1 atom stereocenters. The zero-order valence-electron chi connectivity index (χ0n) is 10.2. The number of hydrogen-bond acceptors (Lipinski definition) is 3. The molecule has 0 aromatic heterocycles. The van der Waals surface area contributed by atoms with E-state index >= 15 is 0 Å². The molecule has 1 unspecified atom stereocenters. The summed E-state index contributed by atoms with van der Waals surface area (Å²) < 4.78 is 5.98. The van der Waals surface area contributed by atoms with E-state index in [0.29, 0.717) is 12.2 Å². The van der Waals surface area contributed by atoms with E-state index in [9.17, 15) is 0 Å². The van der Waals surface area contributed by atoms with E-state index in [-0.39, 0.29) is 5.60 Å². The van der Waals surface area contributed by atoms with Gasteiger partial charge in [-0.25, -0.2) is 0 Å². The van der Waals surface area contributed by atoms with Gasteiger partial charge in [0.2, 0.25) is 0 Å². The minimum absolute atomic E-state index is 0.0686. The lowest BCUT2D eigenvalue weighted by molar-refractivity contribution is -0.0571. The van der Waals surface area contributed by atoms with E-state index in [1.807, 2.05) is 24.3 Å². The number of nitriles is 1. The van der Waals surface area contributed by atoms with Crippen molar-refractivity contribution in [3.63, 3.8) is 0 Å². The Bertz CT molecular complexity index is 416. The fourth-order valence-corrected chi connectivity index (χ4v) is 2.14. The van der Waals surface area contributed by atoms with Gasteiger partial charge in [-0.3, -0.25) is 0 Å². The van der Waals surface area contributed by atoms with Crippen LogP contribution in [-0.4, -0.2) is 18.7 Å². The highest BCUT2D eigenvalue weighted by molar-refractivity contribution is 5.32. The summed E-state index contributed by atoms with van der Waals surface area (Å²) in [6.07, 6.45) is 2.26. The van der Waals surface area contributed by atoms with Crippen molar-refractivity contribution in [1.82, 2.24) is 5.32 Å². The fourth-order valence-electron chi connectivity index (χ4n) is 2.14. The number of rotatable bonds is 3. The highest BCUT2D eigenvalue weighted by atomic mass is 16.5. The molecule has 90 valence electrons. The maximum atomic E-state index is 8.83. The third-order valence-electron chi connectivity index (χ3n) is 3.20. The molecule has 2 rings (SSSR count). The second-order valence-corrected chi connectivity index (χ2v) is 4.83. The predicted octanol–water partition coefficient (Wildman–Crippen LogP) is 2.22. The van der Waals surface area contributed by atoms with Crippen LogP contribution in [0.25, 0.3) is 0 Å². The largest absolute Gasteiger partial charge is 0.369 e. The van der Waals surface area contributed by atoms with Crippen LogP contribution < -0.4 is 5.32 Å². The number of hydrogen-bond donors (Lipinski definition) is 1. The quantitative estimate of drug-likeness (QED) is 0.866. The second-order valence-electron chi connectivity index (χ2n) is 4.83. The van der Waals surface area contributed by atoms with E-state index in [4.69, 9.17) is 10.00 Å². The minimum atomic E-state index is -0.0686. The molecular weight excluding hydrogens is 212 g/mol. The summed E-state index contributed by atoms with van der Waals surface area (Å²) in [7, 11) is 0. The lowest BCUT2D eigenvalue weighted by Gasteiger charge is -2.34. The molecule has 0 bridgehead atoms. The third kappa shape index (κ3) is 3.29. The molecule has 0 spiro atoms. The summed E-state index contributed by atoms with van der Waals surface area (Å²) in [6.45, 7) is 4.72. The molecule has 1 fully saturated rings. The van der Waals surface area contributed by atoms with Crippen LogP contribution in [-0.2, 0) is 11.3 Å². The highest BCUT2D eigenvalue weighted by Gasteiger charge is 2.27. The SMILES string of the molecule is CC1(OCc2cccc(C#N)c2)CCCNC1. The molecule has 1 saturated heterocycles. The van der Waals surface area contributed by atoms with Crippen LogP contribution in [0.3, 0.4) is 0 Å². The molecule has 1 aromatic carbocycles. The van der Waals surface area contributed by atoms with Crippen molar-refractivity contribution in [1.29, 1.82) is 5.26 Å². The van der Waals surface area contributed by atoms with E-state index in [2.05, 4.69) is 18.3 Å². The van der Waals surface area contributed by atoms with Crippen molar-refractivity contribution in [2.24, 2.45) is 0 Å². The first kappa shape index (κ1) is 12.1. The van der Waals surface area contributed by atoms with Gasteiger partial charge < -0.3 is 10.1 Å². The van der Waals surface area contributed by atoms with Gasteiger partial charge in [-0.1, -0.05) is 12.1 Å². The first-order chi connectivity index (χ1) is 8.22. The van der Waals surface area contributed by atoms with Crippen LogP contribution in [0.5, 0.6) is 0 Å². The summed E-state index contributed by atoms with van der Waals surface area (Å²) in [4.78, 5) is 0. The van der Waals surface area contributed by atoms with Gasteiger partial charge in [0, 0.05) is 6.54 Å². The molecule has 1 aliphatic heterocycles. The normalized spacial score (nSPS) is 24.2. The fraction of sp³-hybridized carbons (Fsp3) is 0.500. The second kappa shape index (κ2) is 5.31. The number of benzene rings is 1. The van der Waals surface area contributed by atoms with Gasteiger partial charge >= 0.3 is 0 Å². The van der Waals surface area contributed by atoms with Crippen LogP contribution in [0.4, 0.5) is 0 Å². The minimum Gasteiger partial charge on any atom is -0.369 e. The number of nitrogens with one attached hydrogen (secondary N) is 1. The molecule has 1 N–H and O–H groups in total. The molecule has 0 aliphatic carbocycles. The molecule has 3 heteroatoms. The van der Waals surface area contributed by atoms with Crippen molar-refractivity contribution < 1.29 is 4.74 Å². The van der Waals surface area contributed by atoms with Gasteiger partial charge in [0.15, 0.2) is 0 Å². The van der Waals surface area contributed by atoms with Gasteiger partial charge in [0.25, 0.3) is 0 Å². The zero-order valence-corrected chi connectivity index (χ0v) is 10.2. The highest BCUT2D eigenvalue weighted by Crippen LogP contribution is 2.21. The smallest absolute Gasteiger partial charge is 0.0991 e. The number of piperidine rings is 1. The molecule has 3 nitrogen and oxygen atoms in total. The molecular formula is C14H18N2O. The van der Waals surface area contributed by atoms with Crippen molar-refractivity contribution in [2.75, 3.05) is 13.1 Å². The van der Waals surface area contributed by atoms with Crippen molar-refractivity contribution in [3.8, 4) is 6.07 Å². The van der Waals surface area contributed by atoms with E-state index < -0.39 is 0 Å². The first-order valence-corrected chi connectivity index (χ1v) is 6.06. The van der Waals surface area contributed by atoms with Crippen LogP contribution in [0.15, 0.2) is 24.3 Å². The average molecular weight is 230 g/mol. The monoisotopic (exact) mass is 230 g/mol. The molecule has 0 radical (unpaired) electrons. The Morgan fingerprint density at radius 2 is 2.41 bits per heavy atom.